The van der Waals surface area contributed by atoms with Crippen LogP contribution in [0.4, 0.5) is 0 Å². The van der Waals surface area contributed by atoms with Crippen LogP contribution in [0.25, 0.3) is 0 Å². The second kappa shape index (κ2) is 8.33. The van der Waals surface area contributed by atoms with Crippen molar-refractivity contribution in [2.24, 2.45) is 11.7 Å². The van der Waals surface area contributed by atoms with Crippen molar-refractivity contribution in [1.29, 1.82) is 0 Å². The predicted molar refractivity (Wildman–Crippen MR) is 90.7 cm³/mol. The van der Waals surface area contributed by atoms with Crippen molar-refractivity contribution in [1.82, 2.24) is 5.32 Å². The van der Waals surface area contributed by atoms with E-state index in [0.29, 0.717) is 18.6 Å². The second-order valence-electron chi connectivity index (χ2n) is 5.10. The summed E-state index contributed by atoms with van der Waals surface area (Å²) in [6, 6.07) is 9.27. The van der Waals surface area contributed by atoms with Gasteiger partial charge in [-0.2, -0.15) is 11.3 Å². The number of nitrogens with two attached hydrogens (primary N) is 1. The number of hydrogen-bond acceptors (Lipinski definition) is 4. The number of benzene rings is 1. The molecule has 1 atom stereocenters. The Kier molecular flexibility index (Phi) is 6.17. The molecule has 2 aromatic rings. The van der Waals surface area contributed by atoms with Gasteiger partial charge >= 0.3 is 0 Å². The van der Waals surface area contributed by atoms with E-state index in [4.69, 9.17) is 10.5 Å². The Morgan fingerprint density at radius 2 is 2.00 bits per heavy atom. The quantitative estimate of drug-likeness (QED) is 0.778. The van der Waals surface area contributed by atoms with E-state index in [-0.39, 0.29) is 12.5 Å². The van der Waals surface area contributed by atoms with Crippen LogP contribution in [0.5, 0.6) is 5.75 Å². The highest BCUT2D eigenvalue weighted by Gasteiger charge is 2.18. The van der Waals surface area contributed by atoms with Gasteiger partial charge < -0.3 is 15.8 Å². The van der Waals surface area contributed by atoms with E-state index in [0.717, 1.165) is 11.3 Å². The monoisotopic (exact) mass is 332 g/mol. The van der Waals surface area contributed by atoms with E-state index in [1.54, 1.807) is 11.4 Å². The molecular weight excluding hydrogens is 312 g/mol. The zero-order chi connectivity index (χ0) is 16.7. The summed E-state index contributed by atoms with van der Waals surface area (Å²) in [7, 11) is 0. The van der Waals surface area contributed by atoms with Crippen LogP contribution in [-0.2, 0) is 11.2 Å². The molecule has 6 heteroatoms. The molecule has 5 nitrogen and oxygen atoms in total. The molecule has 1 heterocycles. The lowest BCUT2D eigenvalue weighted by atomic mass is 9.98. The fourth-order valence-electron chi connectivity index (χ4n) is 2.16. The number of carbonyl (C=O) groups excluding carboxylic acids is 2. The Morgan fingerprint density at radius 1 is 1.26 bits per heavy atom. The van der Waals surface area contributed by atoms with Gasteiger partial charge in [0.2, 0.25) is 5.91 Å². The standard InChI is InChI=1S/C17H20N2O3S/c1-2-22-15-5-3-12(4-6-15)9-14(16(18)20)10-19-17(21)13-7-8-23-11-13/h3-8,11,14H,2,9-10H2,1H3,(H2,18,20)(H,19,21)/t14-/m0/s1. The first-order chi connectivity index (χ1) is 11.1. The molecular formula is C17H20N2O3S. The van der Waals surface area contributed by atoms with Crippen LogP contribution < -0.4 is 15.8 Å². The predicted octanol–water partition coefficient (Wildman–Crippen LogP) is 2.22. The van der Waals surface area contributed by atoms with Gasteiger partial charge in [0, 0.05) is 17.5 Å². The molecule has 0 aliphatic carbocycles. The second-order valence-corrected chi connectivity index (χ2v) is 5.88. The number of rotatable bonds is 8. The first kappa shape index (κ1) is 17.0. The molecule has 0 spiro atoms. The molecule has 0 unspecified atom stereocenters. The maximum Gasteiger partial charge on any atom is 0.252 e. The highest BCUT2D eigenvalue weighted by atomic mass is 32.1. The summed E-state index contributed by atoms with van der Waals surface area (Å²) in [5.41, 5.74) is 7.02. The molecule has 23 heavy (non-hydrogen) atoms. The van der Waals surface area contributed by atoms with Crippen LogP contribution in [0.1, 0.15) is 22.8 Å². The van der Waals surface area contributed by atoms with Crippen molar-refractivity contribution >= 4 is 23.2 Å². The molecule has 0 aliphatic heterocycles. The van der Waals surface area contributed by atoms with Gasteiger partial charge in [-0.15, -0.1) is 0 Å². The van der Waals surface area contributed by atoms with Gasteiger partial charge in [0.1, 0.15) is 5.75 Å². The molecule has 3 N–H and O–H groups in total. The van der Waals surface area contributed by atoms with E-state index in [9.17, 15) is 9.59 Å². The van der Waals surface area contributed by atoms with Crippen LogP contribution in [-0.4, -0.2) is 25.0 Å². The molecule has 0 aliphatic rings. The molecule has 0 radical (unpaired) electrons. The Hall–Kier alpha value is -2.34. The average molecular weight is 332 g/mol. The minimum absolute atomic E-state index is 0.191. The maximum atomic E-state index is 11.9. The lowest BCUT2D eigenvalue weighted by molar-refractivity contribution is -0.121. The average Bonchev–Trinajstić information content (AvgIpc) is 3.07. The summed E-state index contributed by atoms with van der Waals surface area (Å²) >= 11 is 1.45. The SMILES string of the molecule is CCOc1ccc(C[C@@H](CNC(=O)c2ccsc2)C(N)=O)cc1. The lowest BCUT2D eigenvalue weighted by Crippen LogP contribution is -2.37. The van der Waals surface area contributed by atoms with Crippen LogP contribution in [0.15, 0.2) is 41.1 Å². The third-order valence-electron chi connectivity index (χ3n) is 3.41. The van der Waals surface area contributed by atoms with E-state index in [2.05, 4.69) is 5.32 Å². The number of primary amides is 1. The zero-order valence-corrected chi connectivity index (χ0v) is 13.8. The van der Waals surface area contributed by atoms with Gasteiger partial charge in [0.05, 0.1) is 12.5 Å². The number of nitrogens with one attached hydrogen (secondary N) is 1. The lowest BCUT2D eigenvalue weighted by Gasteiger charge is -2.14. The number of hydrogen-bond donors (Lipinski definition) is 2. The van der Waals surface area contributed by atoms with Crippen LogP contribution in [0, 0.1) is 5.92 Å². The summed E-state index contributed by atoms with van der Waals surface area (Å²) in [5, 5.41) is 6.36. The van der Waals surface area contributed by atoms with Gasteiger partial charge in [-0.25, -0.2) is 0 Å². The first-order valence-electron chi connectivity index (χ1n) is 7.41. The summed E-state index contributed by atoms with van der Waals surface area (Å²) in [6.07, 6.45) is 0.478. The highest BCUT2D eigenvalue weighted by Crippen LogP contribution is 2.15. The van der Waals surface area contributed by atoms with E-state index in [1.807, 2.05) is 36.6 Å². The molecule has 2 amide bonds. The fraction of sp³-hybridized carbons (Fsp3) is 0.294. The Labute approximate surface area is 139 Å². The van der Waals surface area contributed by atoms with Gasteiger partial charge in [-0.05, 0) is 42.5 Å². The first-order valence-corrected chi connectivity index (χ1v) is 8.36. The van der Waals surface area contributed by atoms with Crippen molar-refractivity contribution in [3.8, 4) is 5.75 Å². The molecule has 0 saturated heterocycles. The number of amides is 2. The molecule has 122 valence electrons. The van der Waals surface area contributed by atoms with Crippen LogP contribution in [0.2, 0.25) is 0 Å². The number of thiophene rings is 1. The topological polar surface area (TPSA) is 81.4 Å². The van der Waals surface area contributed by atoms with E-state index in [1.165, 1.54) is 11.3 Å². The Bertz CT molecular complexity index is 638. The largest absolute Gasteiger partial charge is 0.494 e. The minimum Gasteiger partial charge on any atom is -0.494 e. The van der Waals surface area contributed by atoms with Crippen molar-refractivity contribution < 1.29 is 14.3 Å². The highest BCUT2D eigenvalue weighted by molar-refractivity contribution is 7.08. The normalized spacial score (nSPS) is 11.7. The number of carbonyl (C=O) groups is 2. The van der Waals surface area contributed by atoms with Crippen molar-refractivity contribution in [3.05, 3.63) is 52.2 Å². The Balaban J connectivity index is 1.93. The molecule has 2 rings (SSSR count). The maximum absolute atomic E-state index is 11.9. The smallest absolute Gasteiger partial charge is 0.252 e. The minimum atomic E-state index is -0.449. The van der Waals surface area contributed by atoms with Crippen LogP contribution in [0.3, 0.4) is 0 Å². The van der Waals surface area contributed by atoms with Crippen molar-refractivity contribution in [3.63, 3.8) is 0 Å². The van der Waals surface area contributed by atoms with Crippen molar-refractivity contribution in [2.75, 3.05) is 13.2 Å². The van der Waals surface area contributed by atoms with Gasteiger partial charge in [-0.3, -0.25) is 9.59 Å². The number of ether oxygens (including phenoxy) is 1. The summed E-state index contributed by atoms with van der Waals surface area (Å²) in [4.78, 5) is 23.5. The van der Waals surface area contributed by atoms with E-state index < -0.39 is 11.8 Å². The summed E-state index contributed by atoms with van der Waals surface area (Å²) < 4.78 is 5.39. The van der Waals surface area contributed by atoms with Crippen molar-refractivity contribution in [2.45, 2.75) is 13.3 Å². The molecule has 0 bridgehead atoms. The van der Waals surface area contributed by atoms with E-state index >= 15 is 0 Å². The molecule has 0 fully saturated rings. The van der Waals surface area contributed by atoms with Gasteiger partial charge in [0.25, 0.3) is 5.91 Å². The molecule has 0 saturated carbocycles. The van der Waals surface area contributed by atoms with Crippen LogP contribution >= 0.6 is 11.3 Å². The molecule has 1 aromatic carbocycles. The Morgan fingerprint density at radius 3 is 2.57 bits per heavy atom. The third kappa shape index (κ3) is 5.10. The molecule has 1 aromatic heterocycles. The summed E-state index contributed by atoms with van der Waals surface area (Å²) in [6.45, 7) is 2.75. The van der Waals surface area contributed by atoms with Gasteiger partial charge in [-0.1, -0.05) is 12.1 Å². The third-order valence-corrected chi connectivity index (χ3v) is 4.09. The fourth-order valence-corrected chi connectivity index (χ4v) is 2.79. The summed E-state index contributed by atoms with van der Waals surface area (Å²) in [5.74, 6) is -0.276. The zero-order valence-electron chi connectivity index (χ0n) is 13.0. The van der Waals surface area contributed by atoms with Gasteiger partial charge in [0.15, 0.2) is 0 Å².